The fourth-order valence-electron chi connectivity index (χ4n) is 1.18. The lowest BCUT2D eigenvalue weighted by atomic mass is 10.4. The second-order valence-corrected chi connectivity index (χ2v) is 9.05. The molecule has 0 aliphatic heterocycles. The number of hydrogen-bond acceptors (Lipinski definition) is 4. The fourth-order valence-corrected chi connectivity index (χ4v) is 4.66. The van der Waals surface area contributed by atoms with Gasteiger partial charge in [0.05, 0.1) is 10.6 Å². The van der Waals surface area contributed by atoms with Gasteiger partial charge in [0.15, 0.2) is 0 Å². The van der Waals surface area contributed by atoms with Gasteiger partial charge in [-0.2, -0.15) is 0 Å². The molecule has 108 valence electrons. The van der Waals surface area contributed by atoms with Crippen molar-refractivity contribution >= 4 is 51.9 Å². The van der Waals surface area contributed by atoms with Gasteiger partial charge in [-0.3, -0.25) is 0 Å². The summed E-state index contributed by atoms with van der Waals surface area (Å²) in [5.74, 6) is -0.323. The molecule has 0 amide bonds. The number of benzene rings is 1. The Morgan fingerprint density at radius 3 is 2.32 bits per heavy atom. The summed E-state index contributed by atoms with van der Waals surface area (Å²) >= 11 is 6.37. The summed E-state index contributed by atoms with van der Waals surface area (Å²) in [6.45, 7) is -0.200. The Bertz CT molecular complexity index is 659. The van der Waals surface area contributed by atoms with E-state index in [9.17, 15) is 16.8 Å². The number of halogens is 2. The Balaban J connectivity index is 2.82. The SMILES string of the molecule is CNS(=O)(=O)CCNS(=O)(=O)c1ccc(Br)cc1Br. The second-order valence-electron chi connectivity index (χ2n) is 3.50. The third-order valence-electron chi connectivity index (χ3n) is 2.16. The van der Waals surface area contributed by atoms with Gasteiger partial charge < -0.3 is 0 Å². The molecule has 1 aromatic rings. The highest BCUT2D eigenvalue weighted by atomic mass is 79.9. The standard InChI is InChI=1S/C9H12Br2N2O4S2/c1-12-18(14,15)5-4-13-19(16,17)9-3-2-7(10)6-8(9)11/h2-3,6,12-13H,4-5H2,1H3. The van der Waals surface area contributed by atoms with Crippen molar-refractivity contribution in [2.24, 2.45) is 0 Å². The maximum absolute atomic E-state index is 12.0. The largest absolute Gasteiger partial charge is 0.241 e. The third kappa shape index (κ3) is 5.12. The Labute approximate surface area is 129 Å². The zero-order valence-corrected chi connectivity index (χ0v) is 14.7. The van der Waals surface area contributed by atoms with Gasteiger partial charge in [0.1, 0.15) is 0 Å². The van der Waals surface area contributed by atoms with Crippen molar-refractivity contribution in [2.75, 3.05) is 19.3 Å². The highest BCUT2D eigenvalue weighted by molar-refractivity contribution is 9.11. The van der Waals surface area contributed by atoms with Gasteiger partial charge in [0.2, 0.25) is 20.0 Å². The molecular formula is C9H12Br2N2O4S2. The highest BCUT2D eigenvalue weighted by Crippen LogP contribution is 2.25. The first kappa shape index (κ1) is 17.1. The van der Waals surface area contributed by atoms with Crippen LogP contribution < -0.4 is 9.44 Å². The molecule has 0 aliphatic carbocycles. The van der Waals surface area contributed by atoms with Crippen LogP contribution in [-0.4, -0.2) is 36.2 Å². The lowest BCUT2D eigenvalue weighted by Gasteiger charge is -2.08. The number of sulfonamides is 2. The van der Waals surface area contributed by atoms with E-state index in [-0.39, 0.29) is 17.2 Å². The average molecular weight is 436 g/mol. The van der Waals surface area contributed by atoms with Crippen LogP contribution in [0.25, 0.3) is 0 Å². The van der Waals surface area contributed by atoms with Crippen LogP contribution in [0.4, 0.5) is 0 Å². The van der Waals surface area contributed by atoms with E-state index in [0.29, 0.717) is 4.47 Å². The monoisotopic (exact) mass is 434 g/mol. The average Bonchev–Trinajstić information content (AvgIpc) is 2.27. The summed E-state index contributed by atoms with van der Waals surface area (Å²) < 4.78 is 51.7. The molecule has 0 heterocycles. The predicted molar refractivity (Wildman–Crippen MR) is 79.9 cm³/mol. The van der Waals surface area contributed by atoms with Crippen molar-refractivity contribution in [3.63, 3.8) is 0 Å². The predicted octanol–water partition coefficient (Wildman–Crippen LogP) is 1.04. The Hall–Kier alpha value is -0.000000000000000111. The summed E-state index contributed by atoms with van der Waals surface area (Å²) in [4.78, 5) is 0.0533. The molecule has 19 heavy (non-hydrogen) atoms. The third-order valence-corrected chi connectivity index (χ3v) is 6.45. The van der Waals surface area contributed by atoms with E-state index >= 15 is 0 Å². The van der Waals surface area contributed by atoms with E-state index in [4.69, 9.17) is 0 Å². The van der Waals surface area contributed by atoms with Gasteiger partial charge in [0.25, 0.3) is 0 Å². The molecule has 0 fully saturated rings. The van der Waals surface area contributed by atoms with Crippen molar-refractivity contribution in [3.05, 3.63) is 27.1 Å². The molecule has 10 heteroatoms. The first-order chi connectivity index (χ1) is 8.68. The van der Waals surface area contributed by atoms with Crippen LogP contribution >= 0.6 is 31.9 Å². The van der Waals surface area contributed by atoms with Crippen LogP contribution in [0.1, 0.15) is 0 Å². The summed E-state index contributed by atoms with van der Waals surface area (Å²) in [5, 5.41) is 0. The van der Waals surface area contributed by atoms with Crippen molar-refractivity contribution in [1.29, 1.82) is 0 Å². The minimum Gasteiger partial charge on any atom is -0.218 e. The summed E-state index contributed by atoms with van der Waals surface area (Å²) in [7, 11) is -5.91. The van der Waals surface area contributed by atoms with Gasteiger partial charge >= 0.3 is 0 Å². The number of nitrogens with one attached hydrogen (secondary N) is 2. The van der Waals surface area contributed by atoms with Crippen molar-refractivity contribution in [1.82, 2.24) is 9.44 Å². The van der Waals surface area contributed by atoms with Gasteiger partial charge in [-0.1, -0.05) is 15.9 Å². The molecule has 6 nitrogen and oxygen atoms in total. The minimum absolute atomic E-state index is 0.0533. The molecule has 0 bridgehead atoms. The van der Waals surface area contributed by atoms with E-state index in [1.807, 2.05) is 0 Å². The Morgan fingerprint density at radius 1 is 1.16 bits per heavy atom. The Kier molecular flexibility index (Phi) is 5.96. The maximum Gasteiger partial charge on any atom is 0.241 e. The molecular weight excluding hydrogens is 424 g/mol. The highest BCUT2D eigenvalue weighted by Gasteiger charge is 2.18. The summed E-state index contributed by atoms with van der Waals surface area (Å²) in [6.07, 6.45) is 0. The maximum atomic E-state index is 12.0. The number of hydrogen-bond donors (Lipinski definition) is 2. The van der Waals surface area contributed by atoms with Gasteiger partial charge in [0, 0.05) is 15.5 Å². The number of rotatable bonds is 6. The summed E-state index contributed by atoms with van der Waals surface area (Å²) in [5.41, 5.74) is 0. The van der Waals surface area contributed by atoms with Crippen LogP contribution in [0.2, 0.25) is 0 Å². The van der Waals surface area contributed by atoms with Crippen LogP contribution in [0.3, 0.4) is 0 Å². The van der Waals surface area contributed by atoms with Gasteiger partial charge in [-0.15, -0.1) is 0 Å². The van der Waals surface area contributed by atoms with E-state index in [0.717, 1.165) is 4.47 Å². The van der Waals surface area contributed by atoms with Crippen molar-refractivity contribution in [3.8, 4) is 0 Å². The first-order valence-corrected chi connectivity index (χ1v) is 9.76. The molecule has 0 saturated heterocycles. The first-order valence-electron chi connectivity index (χ1n) is 5.04. The van der Waals surface area contributed by atoms with E-state index in [1.54, 1.807) is 12.1 Å². The van der Waals surface area contributed by atoms with Crippen LogP contribution in [0.15, 0.2) is 32.0 Å². The molecule has 0 spiro atoms. The molecule has 2 N–H and O–H groups in total. The fraction of sp³-hybridized carbons (Fsp3) is 0.333. The molecule has 0 unspecified atom stereocenters. The van der Waals surface area contributed by atoms with Crippen LogP contribution in [0, 0.1) is 0 Å². The topological polar surface area (TPSA) is 92.3 Å². The molecule has 0 saturated carbocycles. The molecule has 0 aliphatic rings. The van der Waals surface area contributed by atoms with Gasteiger partial charge in [-0.05, 0) is 41.2 Å². The molecule has 1 rings (SSSR count). The van der Waals surface area contributed by atoms with Crippen molar-refractivity contribution < 1.29 is 16.8 Å². The van der Waals surface area contributed by atoms with Crippen LogP contribution in [0.5, 0.6) is 0 Å². The molecule has 1 aromatic carbocycles. The molecule has 0 atom stereocenters. The smallest absolute Gasteiger partial charge is 0.218 e. The molecule has 0 radical (unpaired) electrons. The van der Waals surface area contributed by atoms with Crippen molar-refractivity contribution in [2.45, 2.75) is 4.90 Å². The van der Waals surface area contributed by atoms with E-state index < -0.39 is 20.0 Å². The lowest BCUT2D eigenvalue weighted by molar-refractivity contribution is 0.578. The zero-order chi connectivity index (χ0) is 14.7. The normalized spacial score (nSPS) is 12.6. The summed E-state index contributed by atoms with van der Waals surface area (Å²) in [6, 6.07) is 4.60. The van der Waals surface area contributed by atoms with E-state index in [1.165, 1.54) is 13.1 Å². The van der Waals surface area contributed by atoms with E-state index in [2.05, 4.69) is 41.3 Å². The quantitative estimate of drug-likeness (QED) is 0.698. The van der Waals surface area contributed by atoms with Gasteiger partial charge in [-0.25, -0.2) is 26.3 Å². The lowest BCUT2D eigenvalue weighted by Crippen LogP contribution is -2.33. The van der Waals surface area contributed by atoms with Crippen LogP contribution in [-0.2, 0) is 20.0 Å². The molecule has 0 aromatic heterocycles. The Morgan fingerprint density at radius 2 is 1.79 bits per heavy atom. The minimum atomic E-state index is -3.75. The zero-order valence-electron chi connectivity index (χ0n) is 9.85. The second kappa shape index (κ2) is 6.64.